The van der Waals surface area contributed by atoms with Crippen LogP contribution in [0.5, 0.6) is 0 Å². The van der Waals surface area contributed by atoms with E-state index in [4.69, 9.17) is 0 Å². The average Bonchev–Trinajstić information content (AvgIpc) is 3.48. The van der Waals surface area contributed by atoms with Crippen molar-refractivity contribution in [1.82, 2.24) is 4.98 Å². The summed E-state index contributed by atoms with van der Waals surface area (Å²) in [6.07, 6.45) is 1.75. The third-order valence-corrected chi connectivity index (χ3v) is 4.94. The maximum atomic E-state index is 12.4. The number of thiazole rings is 1. The van der Waals surface area contributed by atoms with Gasteiger partial charge in [-0.2, -0.15) is 0 Å². The zero-order valence-electron chi connectivity index (χ0n) is 15.8. The van der Waals surface area contributed by atoms with Crippen LogP contribution in [-0.2, 0) is 25.5 Å². The lowest BCUT2D eigenvalue weighted by atomic mass is 10.1. The Balaban J connectivity index is 1.68. The summed E-state index contributed by atoms with van der Waals surface area (Å²) in [5.41, 5.74) is 0.945. The van der Waals surface area contributed by atoms with Crippen molar-refractivity contribution in [2.24, 2.45) is 5.92 Å². The molecule has 1 aliphatic rings. The van der Waals surface area contributed by atoms with E-state index in [0.717, 1.165) is 12.8 Å². The van der Waals surface area contributed by atoms with Gasteiger partial charge in [-0.1, -0.05) is 0 Å². The number of carbonyl (C=O) groups is 4. The minimum Gasteiger partial charge on any atom is -0.465 e. The van der Waals surface area contributed by atoms with Crippen molar-refractivity contribution in [3.05, 3.63) is 40.4 Å². The number of esters is 2. The number of nitrogens with one attached hydrogen (secondary N) is 2. The Morgan fingerprint density at radius 1 is 1.03 bits per heavy atom. The topological polar surface area (TPSA) is 124 Å². The van der Waals surface area contributed by atoms with Crippen LogP contribution in [0.3, 0.4) is 0 Å². The smallest absolute Gasteiger partial charge is 0.337 e. The van der Waals surface area contributed by atoms with E-state index in [2.05, 4.69) is 25.1 Å². The molecule has 0 aliphatic heterocycles. The van der Waals surface area contributed by atoms with Gasteiger partial charge in [0.15, 0.2) is 5.13 Å². The molecule has 1 aliphatic carbocycles. The fourth-order valence-electron chi connectivity index (χ4n) is 2.54. The van der Waals surface area contributed by atoms with Gasteiger partial charge in [0.1, 0.15) is 0 Å². The molecule has 0 spiro atoms. The molecule has 1 saturated carbocycles. The molecule has 1 aromatic carbocycles. The Hall–Kier alpha value is -3.27. The number of nitrogens with zero attached hydrogens (tertiary/aromatic N) is 1. The van der Waals surface area contributed by atoms with Crippen LogP contribution >= 0.6 is 11.3 Å². The summed E-state index contributed by atoms with van der Waals surface area (Å²) in [7, 11) is 2.43. The molecule has 29 heavy (non-hydrogen) atoms. The molecule has 0 radical (unpaired) electrons. The highest BCUT2D eigenvalue weighted by Crippen LogP contribution is 2.30. The fourth-order valence-corrected chi connectivity index (χ4v) is 3.25. The Morgan fingerprint density at radius 3 is 2.21 bits per heavy atom. The van der Waals surface area contributed by atoms with Gasteiger partial charge < -0.3 is 20.1 Å². The van der Waals surface area contributed by atoms with Crippen molar-refractivity contribution in [2.45, 2.75) is 19.3 Å². The van der Waals surface area contributed by atoms with Crippen LogP contribution in [0.15, 0.2) is 23.6 Å². The lowest BCUT2D eigenvalue weighted by Crippen LogP contribution is -2.16. The number of rotatable bonds is 7. The molecule has 0 saturated heterocycles. The standard InChI is InChI=1S/C19H19N3O6S/c1-27-17(25)11-5-12(18(26)28-2)7-13(6-11)20-15(23)8-14-9-29-19(21-14)22-16(24)10-3-4-10/h5-7,9-10H,3-4,8H2,1-2H3,(H,20,23)(H,21,22,24). The van der Waals surface area contributed by atoms with E-state index < -0.39 is 17.8 Å². The summed E-state index contributed by atoms with van der Waals surface area (Å²) in [6, 6.07) is 4.12. The SMILES string of the molecule is COC(=O)c1cc(NC(=O)Cc2csc(NC(=O)C3CC3)n2)cc(C(=O)OC)c1. The summed E-state index contributed by atoms with van der Waals surface area (Å²) in [6.45, 7) is 0. The number of methoxy groups -OCH3 is 2. The molecule has 0 bridgehead atoms. The van der Waals surface area contributed by atoms with Crippen LogP contribution in [0.4, 0.5) is 10.8 Å². The average molecular weight is 417 g/mol. The van der Waals surface area contributed by atoms with E-state index >= 15 is 0 Å². The zero-order valence-corrected chi connectivity index (χ0v) is 16.6. The summed E-state index contributed by atoms with van der Waals surface area (Å²) in [4.78, 5) is 52.0. The molecule has 0 unspecified atom stereocenters. The Morgan fingerprint density at radius 2 is 1.66 bits per heavy atom. The molecule has 2 aromatic rings. The van der Waals surface area contributed by atoms with Gasteiger partial charge in [0.25, 0.3) is 0 Å². The first kappa shape index (κ1) is 20.5. The van der Waals surface area contributed by atoms with Gasteiger partial charge in [0, 0.05) is 17.0 Å². The predicted molar refractivity (Wildman–Crippen MR) is 105 cm³/mol. The molecule has 3 rings (SSSR count). The van der Waals surface area contributed by atoms with Gasteiger partial charge in [0.2, 0.25) is 11.8 Å². The number of hydrogen-bond donors (Lipinski definition) is 2. The molecule has 1 fully saturated rings. The molecule has 2 N–H and O–H groups in total. The second-order valence-corrected chi connectivity index (χ2v) is 7.27. The molecule has 1 heterocycles. The second-order valence-electron chi connectivity index (χ2n) is 6.41. The summed E-state index contributed by atoms with van der Waals surface area (Å²) >= 11 is 1.24. The van der Waals surface area contributed by atoms with Crippen molar-refractivity contribution in [3.63, 3.8) is 0 Å². The minimum atomic E-state index is -0.651. The lowest BCUT2D eigenvalue weighted by Gasteiger charge is -2.09. The number of amides is 2. The summed E-state index contributed by atoms with van der Waals surface area (Å²) in [5.74, 6) is -1.68. The van der Waals surface area contributed by atoms with Crippen LogP contribution in [0.2, 0.25) is 0 Å². The first-order valence-electron chi connectivity index (χ1n) is 8.76. The van der Waals surface area contributed by atoms with E-state index in [1.54, 1.807) is 5.38 Å². The van der Waals surface area contributed by atoms with Gasteiger partial charge in [-0.25, -0.2) is 14.6 Å². The van der Waals surface area contributed by atoms with Gasteiger partial charge in [-0.3, -0.25) is 9.59 Å². The van der Waals surface area contributed by atoms with Crippen molar-refractivity contribution in [2.75, 3.05) is 24.9 Å². The molecular weight excluding hydrogens is 398 g/mol. The molecule has 2 amide bonds. The van der Waals surface area contributed by atoms with Crippen LogP contribution in [0.1, 0.15) is 39.3 Å². The highest BCUT2D eigenvalue weighted by Gasteiger charge is 2.30. The van der Waals surface area contributed by atoms with E-state index in [1.165, 1.54) is 43.8 Å². The van der Waals surface area contributed by atoms with Crippen LogP contribution in [0.25, 0.3) is 0 Å². The third kappa shape index (κ3) is 5.38. The van der Waals surface area contributed by atoms with Gasteiger partial charge in [-0.15, -0.1) is 11.3 Å². The maximum Gasteiger partial charge on any atom is 0.337 e. The van der Waals surface area contributed by atoms with E-state index in [9.17, 15) is 19.2 Å². The molecule has 9 nitrogen and oxygen atoms in total. The summed E-state index contributed by atoms with van der Waals surface area (Å²) < 4.78 is 9.34. The van der Waals surface area contributed by atoms with Crippen molar-refractivity contribution in [1.29, 1.82) is 0 Å². The van der Waals surface area contributed by atoms with Crippen LogP contribution < -0.4 is 10.6 Å². The maximum absolute atomic E-state index is 12.4. The highest BCUT2D eigenvalue weighted by atomic mass is 32.1. The summed E-state index contributed by atoms with van der Waals surface area (Å²) in [5, 5.41) is 7.50. The molecule has 10 heteroatoms. The van der Waals surface area contributed by atoms with Crippen LogP contribution in [0, 0.1) is 5.92 Å². The van der Waals surface area contributed by atoms with Gasteiger partial charge in [-0.05, 0) is 31.0 Å². The zero-order chi connectivity index (χ0) is 21.0. The number of aromatic nitrogens is 1. The minimum absolute atomic E-state index is 0.0359. The molecule has 0 atom stereocenters. The van der Waals surface area contributed by atoms with Gasteiger partial charge in [0.05, 0.1) is 37.5 Å². The van der Waals surface area contributed by atoms with Crippen LogP contribution in [-0.4, -0.2) is 43.0 Å². The number of carbonyl (C=O) groups excluding carboxylic acids is 4. The highest BCUT2D eigenvalue weighted by molar-refractivity contribution is 7.13. The second kappa shape index (κ2) is 8.82. The predicted octanol–water partition coefficient (Wildman–Crippen LogP) is 2.25. The Labute approximate surface area is 170 Å². The van der Waals surface area contributed by atoms with E-state index in [-0.39, 0.29) is 35.1 Å². The van der Waals surface area contributed by atoms with Crippen molar-refractivity contribution < 1.29 is 28.7 Å². The van der Waals surface area contributed by atoms with Crippen molar-refractivity contribution in [3.8, 4) is 0 Å². The van der Waals surface area contributed by atoms with E-state index in [1.807, 2.05) is 0 Å². The first-order valence-corrected chi connectivity index (χ1v) is 9.64. The Bertz CT molecular complexity index is 932. The van der Waals surface area contributed by atoms with Crippen molar-refractivity contribution >= 4 is 45.9 Å². The van der Waals surface area contributed by atoms with E-state index in [0.29, 0.717) is 10.8 Å². The molecule has 152 valence electrons. The number of ether oxygens (including phenoxy) is 2. The normalized spacial score (nSPS) is 12.8. The van der Waals surface area contributed by atoms with Gasteiger partial charge >= 0.3 is 11.9 Å². The monoisotopic (exact) mass is 417 g/mol. The number of benzene rings is 1. The lowest BCUT2D eigenvalue weighted by molar-refractivity contribution is -0.117. The molecule has 1 aromatic heterocycles. The first-order chi connectivity index (χ1) is 13.9. The molecular formula is C19H19N3O6S. The third-order valence-electron chi connectivity index (χ3n) is 4.13. The quantitative estimate of drug-likeness (QED) is 0.662. The fraction of sp³-hybridized carbons (Fsp3) is 0.316. The number of hydrogen-bond acceptors (Lipinski definition) is 8. The Kier molecular flexibility index (Phi) is 6.23. The largest absolute Gasteiger partial charge is 0.465 e. The number of anilines is 2.